The predicted octanol–water partition coefficient (Wildman–Crippen LogP) is 5.09. The Hall–Kier alpha value is -1.02. The van der Waals surface area contributed by atoms with Crippen LogP contribution in [0.25, 0.3) is 0 Å². The summed E-state index contributed by atoms with van der Waals surface area (Å²) in [6.07, 6.45) is 5.16. The zero-order valence-corrected chi connectivity index (χ0v) is 11.5. The van der Waals surface area contributed by atoms with Crippen molar-refractivity contribution in [3.8, 4) is 5.75 Å². The maximum absolute atomic E-state index is 5.85. The number of benzene rings is 1. The molecule has 0 atom stereocenters. The van der Waals surface area contributed by atoms with Crippen molar-refractivity contribution in [3.05, 3.63) is 52.2 Å². The molecule has 0 aliphatic carbocycles. The number of hydrogen-bond donors (Lipinski definition) is 0. The minimum atomic E-state index is 0.847. The number of ether oxygens (including phenoxy) is 1. The summed E-state index contributed by atoms with van der Waals surface area (Å²) in [6, 6.07) is 7.86. The Bertz CT molecular complexity index is 405. The van der Waals surface area contributed by atoms with Gasteiger partial charge < -0.3 is 4.74 Å². The summed E-state index contributed by atoms with van der Waals surface area (Å²) in [4.78, 5) is 0. The van der Waals surface area contributed by atoms with Crippen LogP contribution in [0.15, 0.2) is 52.2 Å². The van der Waals surface area contributed by atoms with Gasteiger partial charge in [0.25, 0.3) is 0 Å². The van der Waals surface area contributed by atoms with E-state index >= 15 is 0 Å². The van der Waals surface area contributed by atoms with Crippen molar-refractivity contribution in [1.29, 1.82) is 0 Å². The van der Waals surface area contributed by atoms with E-state index in [0.29, 0.717) is 0 Å². The zero-order valence-electron chi connectivity index (χ0n) is 9.96. The van der Waals surface area contributed by atoms with Crippen LogP contribution in [0, 0.1) is 0 Å². The molecule has 0 amide bonds. The van der Waals surface area contributed by atoms with Crippen LogP contribution in [0.2, 0.25) is 0 Å². The molecule has 86 valence electrons. The molecule has 0 fully saturated rings. The van der Waals surface area contributed by atoms with E-state index in [9.17, 15) is 0 Å². The molecular weight excluding hydrogens is 264 g/mol. The van der Waals surface area contributed by atoms with Crippen LogP contribution in [0.4, 0.5) is 0 Å². The van der Waals surface area contributed by atoms with Gasteiger partial charge in [0.15, 0.2) is 0 Å². The van der Waals surface area contributed by atoms with Gasteiger partial charge in [0.05, 0.1) is 4.47 Å². The second-order valence-corrected chi connectivity index (χ2v) is 4.34. The van der Waals surface area contributed by atoms with Gasteiger partial charge >= 0.3 is 0 Å². The van der Waals surface area contributed by atoms with Crippen LogP contribution in [-0.4, -0.2) is 0 Å². The first-order valence-corrected chi connectivity index (χ1v) is 6.24. The molecule has 0 saturated carbocycles. The first-order valence-electron chi connectivity index (χ1n) is 5.44. The van der Waals surface area contributed by atoms with Crippen molar-refractivity contribution >= 4 is 15.9 Å². The molecule has 0 spiro atoms. The van der Waals surface area contributed by atoms with E-state index in [0.717, 1.165) is 22.4 Å². The molecule has 1 rings (SSSR count). The molecule has 0 heterocycles. The predicted molar refractivity (Wildman–Crippen MR) is 72.6 cm³/mol. The zero-order chi connectivity index (χ0) is 12.0. The van der Waals surface area contributed by atoms with Gasteiger partial charge in [0.1, 0.15) is 11.5 Å². The quantitative estimate of drug-likeness (QED) is 0.552. The summed E-state index contributed by atoms with van der Waals surface area (Å²) < 4.78 is 6.83. The summed E-state index contributed by atoms with van der Waals surface area (Å²) in [6.45, 7) is 6.17. The summed E-state index contributed by atoms with van der Waals surface area (Å²) in [5.74, 6) is 1.76. The fourth-order valence-corrected chi connectivity index (χ4v) is 1.79. The lowest BCUT2D eigenvalue weighted by molar-refractivity contribution is 0.432. The van der Waals surface area contributed by atoms with E-state index < -0.39 is 0 Å². The summed E-state index contributed by atoms with van der Waals surface area (Å²) in [5.41, 5.74) is 1.17. The third kappa shape index (κ3) is 3.53. The van der Waals surface area contributed by atoms with Crippen molar-refractivity contribution in [2.75, 3.05) is 0 Å². The lowest BCUT2D eigenvalue weighted by Crippen LogP contribution is -1.97. The van der Waals surface area contributed by atoms with Crippen LogP contribution < -0.4 is 4.74 Å². The Morgan fingerprint density at radius 3 is 2.62 bits per heavy atom. The standard InChI is InChI=1S/C14H17BrO/c1-4-8-11(3)13(5-2)16-14-10-7-6-9-12(14)15/h5-10H,4H2,1-3H3/b11-8-,13-5+. The van der Waals surface area contributed by atoms with E-state index in [2.05, 4.69) is 35.9 Å². The first-order chi connectivity index (χ1) is 7.69. The molecule has 0 unspecified atom stereocenters. The molecule has 1 aromatic rings. The molecule has 0 aromatic heterocycles. The van der Waals surface area contributed by atoms with Gasteiger partial charge in [0.2, 0.25) is 0 Å². The average Bonchev–Trinajstić information content (AvgIpc) is 2.28. The van der Waals surface area contributed by atoms with Crippen molar-refractivity contribution in [3.63, 3.8) is 0 Å². The fraction of sp³-hybridized carbons (Fsp3) is 0.286. The molecule has 2 heteroatoms. The number of rotatable bonds is 4. The topological polar surface area (TPSA) is 9.23 Å². The fourth-order valence-electron chi connectivity index (χ4n) is 1.42. The van der Waals surface area contributed by atoms with E-state index in [1.165, 1.54) is 5.57 Å². The second kappa shape index (κ2) is 6.54. The molecule has 0 aliphatic heterocycles. The van der Waals surface area contributed by atoms with E-state index in [4.69, 9.17) is 4.74 Å². The second-order valence-electron chi connectivity index (χ2n) is 3.48. The molecule has 0 aliphatic rings. The summed E-state index contributed by atoms with van der Waals surface area (Å²) in [7, 11) is 0. The van der Waals surface area contributed by atoms with Crippen molar-refractivity contribution in [1.82, 2.24) is 0 Å². The molecule has 0 bridgehead atoms. The van der Waals surface area contributed by atoms with E-state index in [1.807, 2.05) is 37.3 Å². The largest absolute Gasteiger partial charge is 0.456 e. The van der Waals surface area contributed by atoms with Gasteiger partial charge in [-0.1, -0.05) is 25.1 Å². The van der Waals surface area contributed by atoms with Crippen LogP contribution in [-0.2, 0) is 0 Å². The molecule has 0 saturated heterocycles. The van der Waals surface area contributed by atoms with Gasteiger partial charge in [-0.25, -0.2) is 0 Å². The lowest BCUT2D eigenvalue weighted by atomic mass is 10.2. The highest BCUT2D eigenvalue weighted by molar-refractivity contribution is 9.10. The molecular formula is C14H17BrO. The van der Waals surface area contributed by atoms with Gasteiger partial charge in [-0.05, 0) is 60.0 Å². The van der Waals surface area contributed by atoms with E-state index in [-0.39, 0.29) is 0 Å². The number of para-hydroxylation sites is 1. The smallest absolute Gasteiger partial charge is 0.141 e. The van der Waals surface area contributed by atoms with Crippen molar-refractivity contribution in [2.45, 2.75) is 27.2 Å². The Labute approximate surface area is 106 Å². The third-order valence-corrected chi connectivity index (χ3v) is 2.87. The Kier molecular flexibility index (Phi) is 5.33. The SMILES string of the molecule is C/C=C(Oc1ccccc1Br)\C(C)=C/CC. The molecule has 1 aromatic carbocycles. The molecule has 1 nitrogen and oxygen atoms in total. The normalized spacial score (nSPS) is 12.8. The van der Waals surface area contributed by atoms with E-state index in [1.54, 1.807) is 0 Å². The minimum absolute atomic E-state index is 0.847. The number of halogens is 1. The van der Waals surface area contributed by atoms with Crippen LogP contribution in [0.1, 0.15) is 27.2 Å². The third-order valence-electron chi connectivity index (χ3n) is 2.22. The minimum Gasteiger partial charge on any atom is -0.456 e. The number of allylic oxidation sites excluding steroid dienone is 3. The summed E-state index contributed by atoms with van der Waals surface area (Å²) >= 11 is 3.47. The first kappa shape index (κ1) is 13.0. The molecule has 0 N–H and O–H groups in total. The van der Waals surface area contributed by atoms with Gasteiger partial charge in [-0.15, -0.1) is 0 Å². The van der Waals surface area contributed by atoms with Gasteiger partial charge in [-0.2, -0.15) is 0 Å². The van der Waals surface area contributed by atoms with Gasteiger partial charge in [0, 0.05) is 0 Å². The highest BCUT2D eigenvalue weighted by Crippen LogP contribution is 2.27. The van der Waals surface area contributed by atoms with Crippen LogP contribution >= 0.6 is 15.9 Å². The van der Waals surface area contributed by atoms with Crippen molar-refractivity contribution < 1.29 is 4.74 Å². The van der Waals surface area contributed by atoms with Crippen molar-refractivity contribution in [2.24, 2.45) is 0 Å². The van der Waals surface area contributed by atoms with Crippen LogP contribution in [0.3, 0.4) is 0 Å². The lowest BCUT2D eigenvalue weighted by Gasteiger charge is -2.11. The molecule has 16 heavy (non-hydrogen) atoms. The Morgan fingerprint density at radius 1 is 1.38 bits per heavy atom. The molecule has 0 radical (unpaired) electrons. The maximum Gasteiger partial charge on any atom is 0.141 e. The van der Waals surface area contributed by atoms with Gasteiger partial charge in [-0.3, -0.25) is 0 Å². The number of hydrogen-bond acceptors (Lipinski definition) is 1. The maximum atomic E-state index is 5.85. The Balaban J connectivity index is 2.88. The highest BCUT2D eigenvalue weighted by Gasteiger charge is 2.04. The average molecular weight is 281 g/mol. The summed E-state index contributed by atoms with van der Waals surface area (Å²) in [5, 5.41) is 0. The monoisotopic (exact) mass is 280 g/mol. The Morgan fingerprint density at radius 2 is 2.06 bits per heavy atom. The highest BCUT2D eigenvalue weighted by atomic mass is 79.9. The van der Waals surface area contributed by atoms with Crippen LogP contribution in [0.5, 0.6) is 5.75 Å².